The first kappa shape index (κ1) is 20.5. The van der Waals surface area contributed by atoms with Crippen LogP contribution in [0, 0.1) is 10.1 Å². The van der Waals surface area contributed by atoms with Crippen molar-refractivity contribution in [3.63, 3.8) is 0 Å². The highest BCUT2D eigenvalue weighted by Gasteiger charge is 2.23. The van der Waals surface area contributed by atoms with Crippen LogP contribution in [0.5, 0.6) is 5.75 Å². The van der Waals surface area contributed by atoms with Crippen molar-refractivity contribution in [1.82, 2.24) is 4.72 Å². The Kier molecular flexibility index (Phi) is 5.44. The number of nitrogens with one attached hydrogen (secondary N) is 2. The molecule has 0 saturated heterocycles. The van der Waals surface area contributed by atoms with Gasteiger partial charge >= 0.3 is 5.69 Å². The fourth-order valence-corrected chi connectivity index (χ4v) is 4.80. The topological polar surface area (TPSA) is 168 Å². The van der Waals surface area contributed by atoms with E-state index in [0.29, 0.717) is 24.9 Å². The molecule has 1 aliphatic rings. The largest absolute Gasteiger partial charge is 0.502 e. The van der Waals surface area contributed by atoms with Gasteiger partial charge in [0.25, 0.3) is 20.0 Å². The predicted molar refractivity (Wildman–Crippen MR) is 104 cm³/mol. The Morgan fingerprint density at radius 2 is 1.69 bits per heavy atom. The normalized spacial score (nSPS) is 14.3. The van der Waals surface area contributed by atoms with Crippen molar-refractivity contribution >= 4 is 37.3 Å². The third-order valence-electron chi connectivity index (χ3n) is 3.98. The number of anilines is 1. The van der Waals surface area contributed by atoms with E-state index in [1.165, 1.54) is 18.2 Å². The van der Waals surface area contributed by atoms with Gasteiger partial charge in [-0.25, -0.2) is 16.8 Å². The highest BCUT2D eigenvalue weighted by atomic mass is 32.2. The minimum absolute atomic E-state index is 0.0584. The first-order valence-corrected chi connectivity index (χ1v) is 11.2. The number of nitrogens with zero attached hydrogens (tertiary/aromatic N) is 2. The Bertz CT molecular complexity index is 1210. The van der Waals surface area contributed by atoms with Gasteiger partial charge in [-0.1, -0.05) is 6.07 Å². The first-order valence-electron chi connectivity index (χ1n) is 8.25. The number of phenols is 1. The number of nitro groups is 1. The predicted octanol–water partition coefficient (Wildman–Crippen LogP) is 1.57. The lowest BCUT2D eigenvalue weighted by Gasteiger charge is -2.11. The molecule has 0 amide bonds. The average molecular weight is 440 g/mol. The zero-order valence-corrected chi connectivity index (χ0v) is 16.4. The standard InChI is InChI=1S/C16H16N4O7S2/c21-15-7-6-13(10-14(15)20(22)23)28(24,25)18-11-3-1-4-12(9-11)29(26,27)19-16-5-2-8-17-16/h1,3-4,6-7,9-10,18,21H,2,5,8H2,(H,17,19). The molecule has 3 rings (SSSR count). The van der Waals surface area contributed by atoms with Crippen LogP contribution >= 0.6 is 0 Å². The Labute approximate surface area is 166 Å². The molecule has 1 heterocycles. The van der Waals surface area contributed by atoms with Gasteiger partial charge in [0.15, 0.2) is 5.75 Å². The maximum Gasteiger partial charge on any atom is 0.312 e. The molecule has 154 valence electrons. The second-order valence-electron chi connectivity index (χ2n) is 6.08. The fourth-order valence-electron chi connectivity index (χ4n) is 2.59. The van der Waals surface area contributed by atoms with E-state index in [1.807, 2.05) is 0 Å². The summed E-state index contributed by atoms with van der Waals surface area (Å²) < 4.78 is 54.5. The third kappa shape index (κ3) is 4.63. The summed E-state index contributed by atoms with van der Waals surface area (Å²) in [5, 5.41) is 20.4. The molecule has 29 heavy (non-hydrogen) atoms. The van der Waals surface area contributed by atoms with Gasteiger partial charge in [-0.05, 0) is 36.8 Å². The van der Waals surface area contributed by atoms with Gasteiger partial charge in [-0.3, -0.25) is 24.6 Å². The molecule has 2 aromatic carbocycles. The van der Waals surface area contributed by atoms with Gasteiger partial charge in [0.1, 0.15) is 5.84 Å². The molecule has 0 fully saturated rings. The Morgan fingerprint density at radius 1 is 1.00 bits per heavy atom. The molecule has 13 heteroatoms. The lowest BCUT2D eigenvalue weighted by Crippen LogP contribution is -2.29. The molecule has 2 aromatic rings. The molecule has 0 saturated carbocycles. The number of aromatic hydroxyl groups is 1. The van der Waals surface area contributed by atoms with E-state index in [0.717, 1.165) is 24.6 Å². The highest BCUT2D eigenvalue weighted by molar-refractivity contribution is 7.92. The number of rotatable bonds is 6. The summed E-state index contributed by atoms with van der Waals surface area (Å²) >= 11 is 0. The quantitative estimate of drug-likeness (QED) is 0.452. The molecule has 0 aliphatic carbocycles. The van der Waals surface area contributed by atoms with Crippen LogP contribution in [0.1, 0.15) is 12.8 Å². The van der Waals surface area contributed by atoms with E-state index < -0.39 is 41.3 Å². The molecule has 0 spiro atoms. The maximum absolute atomic E-state index is 12.5. The van der Waals surface area contributed by atoms with Crippen LogP contribution in [-0.4, -0.2) is 39.2 Å². The van der Waals surface area contributed by atoms with Crippen LogP contribution in [0.3, 0.4) is 0 Å². The van der Waals surface area contributed by atoms with Gasteiger partial charge in [0, 0.05) is 19.0 Å². The van der Waals surface area contributed by atoms with E-state index in [-0.39, 0.29) is 10.6 Å². The Hall–Kier alpha value is -3.19. The molecule has 0 aromatic heterocycles. The second kappa shape index (κ2) is 7.67. The van der Waals surface area contributed by atoms with Gasteiger partial charge < -0.3 is 5.11 Å². The minimum Gasteiger partial charge on any atom is -0.502 e. The van der Waals surface area contributed by atoms with Crippen LogP contribution < -0.4 is 9.44 Å². The van der Waals surface area contributed by atoms with Crippen molar-refractivity contribution in [1.29, 1.82) is 0 Å². The number of sulfonamides is 2. The van der Waals surface area contributed by atoms with Crippen molar-refractivity contribution in [2.75, 3.05) is 11.3 Å². The van der Waals surface area contributed by atoms with Gasteiger partial charge in [0.2, 0.25) is 0 Å². The highest BCUT2D eigenvalue weighted by Crippen LogP contribution is 2.29. The number of aliphatic imine (C=N–C) groups is 1. The summed E-state index contributed by atoms with van der Waals surface area (Å²) in [4.78, 5) is 13.4. The molecule has 0 radical (unpaired) electrons. The zero-order valence-electron chi connectivity index (χ0n) is 14.8. The Morgan fingerprint density at radius 3 is 2.34 bits per heavy atom. The third-order valence-corrected chi connectivity index (χ3v) is 6.73. The van der Waals surface area contributed by atoms with Gasteiger partial charge in [-0.2, -0.15) is 0 Å². The van der Waals surface area contributed by atoms with Crippen LogP contribution in [0.25, 0.3) is 0 Å². The van der Waals surface area contributed by atoms with Crippen LogP contribution in [-0.2, 0) is 20.0 Å². The molecule has 0 bridgehead atoms. The average Bonchev–Trinajstić information content (AvgIpc) is 3.14. The van der Waals surface area contributed by atoms with Gasteiger partial charge in [0.05, 0.1) is 20.4 Å². The molecule has 1 aliphatic heterocycles. The van der Waals surface area contributed by atoms with Crippen molar-refractivity contribution in [2.24, 2.45) is 4.99 Å². The summed E-state index contributed by atoms with van der Waals surface area (Å²) in [6.45, 7) is 0.538. The molecular weight excluding hydrogens is 424 g/mol. The number of hydrogen-bond acceptors (Lipinski definition) is 8. The van der Waals surface area contributed by atoms with Crippen LogP contribution in [0.15, 0.2) is 57.2 Å². The summed E-state index contributed by atoms with van der Waals surface area (Å²) in [7, 11) is -8.22. The number of phenolic OH excluding ortho intramolecular Hbond substituents is 1. The lowest BCUT2D eigenvalue weighted by molar-refractivity contribution is -0.386. The molecule has 3 N–H and O–H groups in total. The maximum atomic E-state index is 12.5. The van der Waals surface area contributed by atoms with Crippen LogP contribution in [0.4, 0.5) is 11.4 Å². The van der Waals surface area contributed by atoms with E-state index in [2.05, 4.69) is 14.4 Å². The fraction of sp³-hybridized carbons (Fsp3) is 0.188. The number of benzene rings is 2. The van der Waals surface area contributed by atoms with Crippen LogP contribution in [0.2, 0.25) is 0 Å². The van der Waals surface area contributed by atoms with Crippen molar-refractivity contribution in [3.05, 3.63) is 52.6 Å². The first-order chi connectivity index (χ1) is 13.6. The van der Waals surface area contributed by atoms with E-state index in [1.54, 1.807) is 0 Å². The molecular formula is C16H16N4O7S2. The monoisotopic (exact) mass is 440 g/mol. The van der Waals surface area contributed by atoms with Crippen molar-refractivity contribution in [2.45, 2.75) is 22.6 Å². The summed E-state index contributed by atoms with van der Waals surface area (Å²) in [6, 6.07) is 7.68. The van der Waals surface area contributed by atoms with E-state index >= 15 is 0 Å². The summed E-state index contributed by atoms with van der Waals surface area (Å²) in [5.74, 6) is -0.338. The van der Waals surface area contributed by atoms with Gasteiger partial charge in [-0.15, -0.1) is 0 Å². The number of amidine groups is 1. The number of hydrogen-bond donors (Lipinski definition) is 3. The second-order valence-corrected chi connectivity index (χ2v) is 9.44. The molecule has 11 nitrogen and oxygen atoms in total. The zero-order chi connectivity index (χ0) is 21.2. The minimum atomic E-state index is -4.28. The summed E-state index contributed by atoms with van der Waals surface area (Å²) in [5.41, 5.74) is -0.831. The smallest absolute Gasteiger partial charge is 0.312 e. The Balaban J connectivity index is 1.88. The van der Waals surface area contributed by atoms with E-state index in [4.69, 9.17) is 0 Å². The van der Waals surface area contributed by atoms with E-state index in [9.17, 15) is 32.1 Å². The SMILES string of the molecule is O=[N+]([O-])c1cc(S(=O)(=O)Nc2cccc(S(=O)(=O)NC3=NCCC3)c2)ccc1O. The lowest BCUT2D eigenvalue weighted by atomic mass is 10.3. The van der Waals surface area contributed by atoms with Crippen molar-refractivity contribution < 1.29 is 26.9 Å². The van der Waals surface area contributed by atoms with Crippen molar-refractivity contribution in [3.8, 4) is 5.75 Å². The molecule has 0 unspecified atom stereocenters. The number of nitro benzene ring substituents is 1. The summed E-state index contributed by atoms with van der Waals surface area (Å²) in [6.07, 6.45) is 1.25. The molecule has 0 atom stereocenters.